The summed E-state index contributed by atoms with van der Waals surface area (Å²) in [6, 6.07) is 22.9. The van der Waals surface area contributed by atoms with Crippen LogP contribution >= 0.6 is 0 Å². The van der Waals surface area contributed by atoms with Crippen LogP contribution in [-0.2, 0) is 62.2 Å². The van der Waals surface area contributed by atoms with Crippen molar-refractivity contribution < 1.29 is 56.8 Å². The van der Waals surface area contributed by atoms with E-state index in [1.54, 1.807) is 78.1 Å². The van der Waals surface area contributed by atoms with Crippen molar-refractivity contribution >= 4 is 46.8 Å². The van der Waals surface area contributed by atoms with Crippen molar-refractivity contribution in [3.05, 3.63) is 131 Å². The van der Waals surface area contributed by atoms with E-state index in [4.69, 9.17) is 23.7 Å². The van der Waals surface area contributed by atoms with Gasteiger partial charge in [0, 0.05) is 48.9 Å². The summed E-state index contributed by atoms with van der Waals surface area (Å²) in [6.07, 6.45) is -1.01. The lowest BCUT2D eigenvalue weighted by Crippen LogP contribution is -2.58. The Balaban J connectivity index is 1.17. The number of likely N-dealkylation sites (tertiary alicyclic amines) is 1. The number of nitrogens with zero attached hydrogens (tertiary/aromatic N) is 1. The molecule has 4 atom stereocenters. The molecular weight excluding hydrogens is 902 g/mol. The Morgan fingerprint density at radius 1 is 0.771 bits per heavy atom. The Labute approximate surface area is 405 Å². The van der Waals surface area contributed by atoms with Crippen LogP contribution in [0.25, 0.3) is 22.0 Å². The van der Waals surface area contributed by atoms with Crippen molar-refractivity contribution in [2.75, 3.05) is 26.9 Å². The monoisotopic (exact) mass is 961 g/mol. The molecule has 1 aliphatic heterocycles. The molecule has 1 saturated heterocycles. The van der Waals surface area contributed by atoms with Crippen molar-refractivity contribution in [2.45, 2.75) is 109 Å². The molecule has 1 fully saturated rings. The number of aromatic amines is 1. The Morgan fingerprint density at radius 3 is 2.11 bits per heavy atom. The molecule has 2 heterocycles. The van der Waals surface area contributed by atoms with Crippen LogP contribution in [0.15, 0.2) is 97.2 Å². The number of amides is 4. The highest BCUT2D eigenvalue weighted by Crippen LogP contribution is 2.44. The standard InChI is InChI=1S/C53H60FN5O11/c1-52(2,3)69-45(60)30-67-44-21-22-59(46(44)49(63)66-7)48(62)43(25-33-28-55-41-20-19-34(54)26-39(33)41)57-47(61)42(24-31-13-12-14-32(23-31)27-56-50(64)70-53(4,5)6)58-51(65)68-29-40-37-17-10-8-15-35(37)36-16-9-11-18-38(36)40/h8-20,23,26,28,40,42-44,46,55H,21-22,24-25,27,29-30H2,1-7H3,(H,56,64)(H,57,61)(H,58,65)/t42?,43?,44-,46-/m0/s1. The minimum atomic E-state index is -1.40. The van der Waals surface area contributed by atoms with E-state index in [2.05, 4.69) is 20.9 Å². The van der Waals surface area contributed by atoms with Crippen LogP contribution in [0.3, 0.4) is 0 Å². The number of halogens is 1. The third kappa shape index (κ3) is 12.7. The average molecular weight is 962 g/mol. The lowest BCUT2D eigenvalue weighted by atomic mass is 9.98. The van der Waals surface area contributed by atoms with Gasteiger partial charge < -0.3 is 49.5 Å². The molecule has 4 aromatic carbocycles. The largest absolute Gasteiger partial charge is 0.467 e. The summed E-state index contributed by atoms with van der Waals surface area (Å²) in [7, 11) is 1.16. The third-order valence-electron chi connectivity index (χ3n) is 11.9. The number of rotatable bonds is 16. The van der Waals surface area contributed by atoms with E-state index in [9.17, 15) is 33.2 Å². The van der Waals surface area contributed by atoms with Crippen LogP contribution in [0.4, 0.5) is 14.0 Å². The summed E-state index contributed by atoms with van der Waals surface area (Å²) >= 11 is 0. The summed E-state index contributed by atoms with van der Waals surface area (Å²) in [6.45, 7) is 9.91. The van der Waals surface area contributed by atoms with Gasteiger partial charge in [-0.2, -0.15) is 0 Å². The maximum Gasteiger partial charge on any atom is 0.407 e. The smallest absolute Gasteiger partial charge is 0.407 e. The van der Waals surface area contributed by atoms with Crippen LogP contribution < -0.4 is 16.0 Å². The van der Waals surface area contributed by atoms with Crippen molar-refractivity contribution in [3.63, 3.8) is 0 Å². The number of hydrogen-bond acceptors (Lipinski definition) is 11. The first-order chi connectivity index (χ1) is 33.3. The van der Waals surface area contributed by atoms with Crippen LogP contribution in [0.2, 0.25) is 0 Å². The topological polar surface area (TPSA) is 204 Å². The second kappa shape index (κ2) is 21.6. The number of carbonyl (C=O) groups excluding carboxylic acids is 6. The number of hydrogen-bond donors (Lipinski definition) is 4. The van der Waals surface area contributed by atoms with Gasteiger partial charge >= 0.3 is 24.1 Å². The van der Waals surface area contributed by atoms with Crippen LogP contribution in [0.5, 0.6) is 0 Å². The molecule has 1 aromatic heterocycles. The van der Waals surface area contributed by atoms with Gasteiger partial charge in [0.25, 0.3) is 0 Å². The summed E-state index contributed by atoms with van der Waals surface area (Å²) in [4.78, 5) is 86.6. The maximum atomic E-state index is 14.9. The summed E-state index contributed by atoms with van der Waals surface area (Å²) in [5.41, 5.74) is 4.86. The molecule has 17 heteroatoms. The molecule has 4 amide bonds. The molecule has 2 aliphatic rings. The van der Waals surface area contributed by atoms with Gasteiger partial charge in [-0.15, -0.1) is 0 Å². The van der Waals surface area contributed by atoms with Crippen LogP contribution in [0.1, 0.15) is 81.7 Å². The van der Waals surface area contributed by atoms with Crippen molar-refractivity contribution in [2.24, 2.45) is 0 Å². The molecule has 5 aromatic rings. The minimum absolute atomic E-state index is 0.0159. The Morgan fingerprint density at radius 2 is 1.44 bits per heavy atom. The van der Waals surface area contributed by atoms with Gasteiger partial charge in [0.05, 0.1) is 13.2 Å². The van der Waals surface area contributed by atoms with E-state index in [1.165, 1.54) is 17.0 Å². The first-order valence-electron chi connectivity index (χ1n) is 23.2. The highest BCUT2D eigenvalue weighted by Gasteiger charge is 2.46. The number of esters is 2. The van der Waals surface area contributed by atoms with Crippen molar-refractivity contribution in [3.8, 4) is 11.1 Å². The summed E-state index contributed by atoms with van der Waals surface area (Å²) < 4.78 is 42.3. The number of carbonyl (C=O) groups is 6. The second-order valence-corrected chi connectivity index (χ2v) is 19.4. The third-order valence-corrected chi connectivity index (χ3v) is 11.9. The van der Waals surface area contributed by atoms with Gasteiger partial charge in [-0.25, -0.2) is 23.6 Å². The zero-order valence-electron chi connectivity index (χ0n) is 40.4. The lowest BCUT2D eigenvalue weighted by Gasteiger charge is -2.30. The number of fused-ring (bicyclic) bond motifs is 4. The van der Waals surface area contributed by atoms with E-state index in [-0.39, 0.29) is 44.9 Å². The van der Waals surface area contributed by atoms with Gasteiger partial charge in [0.2, 0.25) is 11.8 Å². The van der Waals surface area contributed by atoms with Gasteiger partial charge in [0.1, 0.15) is 42.3 Å². The first-order valence-corrected chi connectivity index (χ1v) is 23.2. The Bertz CT molecular complexity index is 2700. The zero-order valence-corrected chi connectivity index (χ0v) is 40.4. The SMILES string of the molecule is COC(=O)[C@@H]1[C@@H](OCC(=O)OC(C)(C)C)CCN1C(=O)C(Cc1c[nH]c2ccc(F)cc12)NC(=O)C(Cc1cccc(CNC(=O)OC(C)(C)C)c1)NC(=O)OCC1c2ccccc2-c2ccccc21. The fourth-order valence-corrected chi connectivity index (χ4v) is 8.93. The molecule has 0 bridgehead atoms. The number of aromatic nitrogens is 1. The number of alkyl carbamates (subject to hydrolysis) is 2. The molecule has 0 saturated carbocycles. The number of nitrogens with one attached hydrogen (secondary N) is 4. The lowest BCUT2D eigenvalue weighted by molar-refractivity contribution is -0.166. The Kier molecular flexibility index (Phi) is 15.6. The average Bonchev–Trinajstić information content (AvgIpc) is 4.01. The molecule has 7 rings (SSSR count). The first kappa shape index (κ1) is 50.6. The summed E-state index contributed by atoms with van der Waals surface area (Å²) in [5, 5.41) is 8.79. The normalized spacial score (nSPS) is 16.4. The molecule has 70 heavy (non-hydrogen) atoms. The molecule has 16 nitrogen and oxygen atoms in total. The fourth-order valence-electron chi connectivity index (χ4n) is 8.93. The molecule has 1 aliphatic carbocycles. The highest BCUT2D eigenvalue weighted by molar-refractivity contribution is 5.95. The molecule has 4 N–H and O–H groups in total. The van der Waals surface area contributed by atoms with Gasteiger partial charge in [-0.3, -0.25) is 9.59 Å². The minimum Gasteiger partial charge on any atom is -0.467 e. The van der Waals surface area contributed by atoms with Crippen LogP contribution in [-0.4, -0.2) is 108 Å². The van der Waals surface area contributed by atoms with Gasteiger partial charge in [0.15, 0.2) is 6.04 Å². The van der Waals surface area contributed by atoms with Crippen molar-refractivity contribution in [1.82, 2.24) is 25.8 Å². The van der Waals surface area contributed by atoms with E-state index >= 15 is 0 Å². The molecule has 370 valence electrons. The zero-order chi connectivity index (χ0) is 50.3. The fraction of sp³-hybridized carbons (Fsp3) is 0.396. The predicted octanol–water partition coefficient (Wildman–Crippen LogP) is 7.01. The van der Waals surface area contributed by atoms with Gasteiger partial charge in [-0.05, 0) is 105 Å². The number of ether oxygens (including phenoxy) is 5. The number of H-pyrrole nitrogens is 1. The maximum absolute atomic E-state index is 14.9. The van der Waals surface area contributed by atoms with E-state index in [0.717, 1.165) is 29.4 Å². The highest BCUT2D eigenvalue weighted by atomic mass is 19.1. The van der Waals surface area contributed by atoms with Crippen molar-refractivity contribution in [1.29, 1.82) is 0 Å². The molecule has 0 radical (unpaired) electrons. The van der Waals surface area contributed by atoms with Gasteiger partial charge in [-0.1, -0.05) is 72.8 Å². The second-order valence-electron chi connectivity index (χ2n) is 19.4. The number of benzene rings is 4. The van der Waals surface area contributed by atoms with E-state index < -0.39 is 83.8 Å². The van der Waals surface area contributed by atoms with E-state index in [1.807, 2.05) is 48.5 Å². The quantitative estimate of drug-likeness (QED) is 0.0585. The molecular formula is C53H60FN5O11. The molecule has 0 spiro atoms. The Hall–Kier alpha value is -7.27. The number of methoxy groups -OCH3 is 1. The van der Waals surface area contributed by atoms with E-state index in [0.29, 0.717) is 27.6 Å². The summed E-state index contributed by atoms with van der Waals surface area (Å²) in [5.74, 6) is -3.75. The van der Waals surface area contributed by atoms with Crippen LogP contribution in [0, 0.1) is 5.82 Å². The predicted molar refractivity (Wildman–Crippen MR) is 257 cm³/mol. The molecule has 2 unspecified atom stereocenters.